The van der Waals surface area contributed by atoms with Crippen molar-refractivity contribution in [3.63, 3.8) is 0 Å². The van der Waals surface area contributed by atoms with Crippen LogP contribution < -0.4 is 0 Å². The molecule has 1 saturated carbocycles. The number of aliphatic hydroxyl groups is 1. The highest BCUT2D eigenvalue weighted by Gasteiger charge is 2.47. The van der Waals surface area contributed by atoms with Gasteiger partial charge in [0.15, 0.2) is 0 Å². The van der Waals surface area contributed by atoms with Crippen LogP contribution in [0.15, 0.2) is 42.7 Å². The lowest BCUT2D eigenvalue weighted by Gasteiger charge is -2.22. The number of pyridine rings is 1. The number of benzene rings is 1. The summed E-state index contributed by atoms with van der Waals surface area (Å²) < 4.78 is 14.0. The van der Waals surface area contributed by atoms with Crippen molar-refractivity contribution in [3.8, 4) is 0 Å². The molecule has 0 radical (unpaired) electrons. The summed E-state index contributed by atoms with van der Waals surface area (Å²) in [6.45, 7) is 0.493. The van der Waals surface area contributed by atoms with Crippen LogP contribution in [-0.2, 0) is 11.3 Å². The highest BCUT2D eigenvalue weighted by atomic mass is 35.5. The molecule has 3 rings (SSSR count). The van der Waals surface area contributed by atoms with Crippen molar-refractivity contribution < 1.29 is 14.3 Å². The molecule has 0 unspecified atom stereocenters. The van der Waals surface area contributed by atoms with Gasteiger partial charge in [-0.25, -0.2) is 4.39 Å². The Morgan fingerprint density at radius 1 is 1.38 bits per heavy atom. The van der Waals surface area contributed by atoms with Gasteiger partial charge in [0.2, 0.25) is 5.91 Å². The molecule has 6 heteroatoms. The quantitative estimate of drug-likeness (QED) is 0.873. The Bertz CT molecular complexity index is 706. The zero-order chi connectivity index (χ0) is 17.1. The lowest BCUT2D eigenvalue weighted by molar-refractivity contribution is -0.133. The predicted molar refractivity (Wildman–Crippen MR) is 89.0 cm³/mol. The number of hydrogen-bond donors (Lipinski definition) is 1. The van der Waals surface area contributed by atoms with E-state index in [4.69, 9.17) is 11.6 Å². The Labute approximate surface area is 144 Å². The minimum Gasteiger partial charge on any atom is -0.395 e. The highest BCUT2D eigenvalue weighted by molar-refractivity contribution is 6.31. The second-order valence-electron chi connectivity index (χ2n) is 5.93. The molecule has 1 aromatic carbocycles. The standard InChI is InChI=1S/C18H18ClFN2O2/c19-15-4-1-5-16(20)17(15)13-9-14(13)18(24)22(7-8-23)11-12-3-2-6-21-10-12/h1-6,10,13-14,23H,7-9,11H2/t13-,14+/m0/s1. The van der Waals surface area contributed by atoms with Crippen molar-refractivity contribution in [2.45, 2.75) is 18.9 Å². The summed E-state index contributed by atoms with van der Waals surface area (Å²) in [5, 5.41) is 9.60. The lowest BCUT2D eigenvalue weighted by atomic mass is 10.1. The summed E-state index contributed by atoms with van der Waals surface area (Å²) >= 11 is 6.09. The fourth-order valence-corrected chi connectivity index (χ4v) is 3.29. The maximum absolute atomic E-state index is 14.0. The minimum absolute atomic E-state index is 0.0859. The molecule has 1 N–H and O–H groups in total. The second-order valence-corrected chi connectivity index (χ2v) is 6.34. The average Bonchev–Trinajstić information content (AvgIpc) is 3.35. The summed E-state index contributed by atoms with van der Waals surface area (Å²) in [5.41, 5.74) is 1.31. The number of rotatable bonds is 6. The SMILES string of the molecule is O=C([C@@H]1C[C@@H]1c1c(F)cccc1Cl)N(CCO)Cc1cccnc1. The van der Waals surface area contributed by atoms with Gasteiger partial charge in [0.05, 0.1) is 6.61 Å². The molecule has 0 bridgehead atoms. The fraction of sp³-hybridized carbons (Fsp3) is 0.333. The van der Waals surface area contributed by atoms with Gasteiger partial charge in [-0.3, -0.25) is 9.78 Å². The average molecular weight is 349 g/mol. The first-order valence-corrected chi connectivity index (χ1v) is 8.22. The number of carbonyl (C=O) groups is 1. The maximum Gasteiger partial charge on any atom is 0.226 e. The van der Waals surface area contributed by atoms with E-state index in [-0.39, 0.29) is 36.7 Å². The van der Waals surface area contributed by atoms with Crippen molar-refractivity contribution in [1.29, 1.82) is 0 Å². The van der Waals surface area contributed by atoms with Crippen LogP contribution in [0.3, 0.4) is 0 Å². The normalized spacial score (nSPS) is 19.1. The monoisotopic (exact) mass is 348 g/mol. The highest BCUT2D eigenvalue weighted by Crippen LogP contribution is 2.51. The van der Waals surface area contributed by atoms with Gasteiger partial charge in [-0.1, -0.05) is 23.7 Å². The van der Waals surface area contributed by atoms with Crippen molar-refractivity contribution in [2.75, 3.05) is 13.2 Å². The number of amides is 1. The molecule has 126 valence electrons. The topological polar surface area (TPSA) is 53.4 Å². The first-order chi connectivity index (χ1) is 11.6. The van der Waals surface area contributed by atoms with E-state index in [1.165, 1.54) is 6.07 Å². The van der Waals surface area contributed by atoms with Crippen molar-refractivity contribution in [1.82, 2.24) is 9.88 Å². The summed E-state index contributed by atoms with van der Waals surface area (Å²) in [7, 11) is 0. The summed E-state index contributed by atoms with van der Waals surface area (Å²) in [5.74, 6) is -0.940. The number of aliphatic hydroxyl groups excluding tert-OH is 1. The Balaban J connectivity index is 1.73. The van der Waals surface area contributed by atoms with E-state index in [1.807, 2.05) is 6.07 Å². The minimum atomic E-state index is -0.372. The van der Waals surface area contributed by atoms with Crippen molar-refractivity contribution in [3.05, 3.63) is 64.7 Å². The molecule has 1 heterocycles. The first kappa shape index (κ1) is 16.9. The third kappa shape index (κ3) is 3.57. The van der Waals surface area contributed by atoms with Crippen LogP contribution >= 0.6 is 11.6 Å². The molecule has 1 amide bonds. The van der Waals surface area contributed by atoms with E-state index >= 15 is 0 Å². The lowest BCUT2D eigenvalue weighted by Crippen LogP contribution is -2.34. The van der Waals surface area contributed by atoms with E-state index in [2.05, 4.69) is 4.98 Å². The van der Waals surface area contributed by atoms with E-state index in [1.54, 1.807) is 35.5 Å². The van der Waals surface area contributed by atoms with E-state index in [9.17, 15) is 14.3 Å². The number of nitrogens with zero attached hydrogens (tertiary/aromatic N) is 2. The van der Waals surface area contributed by atoms with Gasteiger partial charge in [0.1, 0.15) is 5.82 Å². The van der Waals surface area contributed by atoms with Crippen LogP contribution in [0.2, 0.25) is 5.02 Å². The second kappa shape index (κ2) is 7.28. The molecule has 0 aliphatic heterocycles. The van der Waals surface area contributed by atoms with Gasteiger partial charge in [-0.15, -0.1) is 0 Å². The van der Waals surface area contributed by atoms with E-state index in [0.29, 0.717) is 23.6 Å². The van der Waals surface area contributed by atoms with Crippen LogP contribution in [0.4, 0.5) is 4.39 Å². The first-order valence-electron chi connectivity index (χ1n) is 7.84. The van der Waals surface area contributed by atoms with Crippen LogP contribution in [0.25, 0.3) is 0 Å². The summed E-state index contributed by atoms with van der Waals surface area (Å²) in [4.78, 5) is 18.4. The van der Waals surface area contributed by atoms with Gasteiger partial charge in [-0.2, -0.15) is 0 Å². The molecule has 0 spiro atoms. The molecule has 2 aromatic rings. The van der Waals surface area contributed by atoms with Gasteiger partial charge >= 0.3 is 0 Å². The maximum atomic E-state index is 14.0. The van der Waals surface area contributed by atoms with Crippen LogP contribution in [-0.4, -0.2) is 34.0 Å². The van der Waals surface area contributed by atoms with Crippen molar-refractivity contribution >= 4 is 17.5 Å². The number of hydrogen-bond acceptors (Lipinski definition) is 3. The predicted octanol–water partition coefficient (Wildman–Crippen LogP) is 3.00. The Hall–Kier alpha value is -1.98. The number of aromatic nitrogens is 1. The van der Waals surface area contributed by atoms with Gasteiger partial charge in [0.25, 0.3) is 0 Å². The zero-order valence-corrected chi connectivity index (χ0v) is 13.8. The van der Waals surface area contributed by atoms with Crippen LogP contribution in [0, 0.1) is 11.7 Å². The van der Waals surface area contributed by atoms with Gasteiger partial charge in [-0.05, 0) is 30.2 Å². The molecular weight excluding hydrogens is 331 g/mol. The molecule has 1 aliphatic rings. The van der Waals surface area contributed by atoms with Crippen LogP contribution in [0.5, 0.6) is 0 Å². The zero-order valence-electron chi connectivity index (χ0n) is 13.0. The molecule has 1 aromatic heterocycles. The molecule has 0 saturated heterocycles. The van der Waals surface area contributed by atoms with Gasteiger partial charge < -0.3 is 10.0 Å². The number of halogens is 2. The molecule has 1 aliphatic carbocycles. The summed E-state index contributed by atoms with van der Waals surface area (Å²) in [6.07, 6.45) is 3.93. The molecule has 1 fully saturated rings. The number of carbonyl (C=O) groups excluding carboxylic acids is 1. The largest absolute Gasteiger partial charge is 0.395 e. The Kier molecular flexibility index (Phi) is 5.11. The summed E-state index contributed by atoms with van der Waals surface area (Å²) in [6, 6.07) is 8.24. The smallest absolute Gasteiger partial charge is 0.226 e. The molecule has 2 atom stereocenters. The molecule has 4 nitrogen and oxygen atoms in total. The fourth-order valence-electron chi connectivity index (χ4n) is 2.99. The molecule has 24 heavy (non-hydrogen) atoms. The van der Waals surface area contributed by atoms with E-state index < -0.39 is 0 Å². The Morgan fingerprint density at radius 2 is 2.21 bits per heavy atom. The van der Waals surface area contributed by atoms with Gasteiger partial charge in [0, 0.05) is 47.9 Å². The molecular formula is C18H18ClFN2O2. The van der Waals surface area contributed by atoms with E-state index in [0.717, 1.165) is 5.56 Å². The Morgan fingerprint density at radius 3 is 2.88 bits per heavy atom. The van der Waals surface area contributed by atoms with Crippen molar-refractivity contribution in [2.24, 2.45) is 5.92 Å². The third-order valence-electron chi connectivity index (χ3n) is 4.26. The third-order valence-corrected chi connectivity index (χ3v) is 4.59. The van der Waals surface area contributed by atoms with Crippen LogP contribution in [0.1, 0.15) is 23.5 Å².